The molecular formula is C14H22O3. The van der Waals surface area contributed by atoms with Gasteiger partial charge in [0.25, 0.3) is 0 Å². The van der Waals surface area contributed by atoms with E-state index in [1.165, 1.54) is 0 Å². The van der Waals surface area contributed by atoms with Gasteiger partial charge in [0, 0.05) is 0 Å². The highest BCUT2D eigenvalue weighted by atomic mass is 16.5. The summed E-state index contributed by atoms with van der Waals surface area (Å²) in [5, 5.41) is 9.97. The van der Waals surface area contributed by atoms with Gasteiger partial charge in [-0.1, -0.05) is 12.1 Å². The Morgan fingerprint density at radius 2 is 1.82 bits per heavy atom. The summed E-state index contributed by atoms with van der Waals surface area (Å²) in [4.78, 5) is 0. The molecule has 0 atom stereocenters. The van der Waals surface area contributed by atoms with Crippen molar-refractivity contribution in [1.29, 1.82) is 0 Å². The molecule has 96 valence electrons. The molecule has 1 aromatic carbocycles. The molecule has 0 radical (unpaired) electrons. The van der Waals surface area contributed by atoms with E-state index >= 15 is 0 Å². The van der Waals surface area contributed by atoms with Crippen molar-refractivity contribution < 1.29 is 14.6 Å². The predicted molar refractivity (Wildman–Crippen MR) is 68.2 cm³/mol. The van der Waals surface area contributed by atoms with Gasteiger partial charge in [0.1, 0.15) is 5.75 Å². The maximum Gasteiger partial charge on any atom is 0.119 e. The average molecular weight is 238 g/mol. The standard InChI is InChI=1S/C14H22O3/c1-13(2,15)14(3,4)17-10-11-7-6-8-12(9-11)16-5/h6-9,15H,10H2,1-5H3. The van der Waals surface area contributed by atoms with Gasteiger partial charge in [-0.05, 0) is 45.4 Å². The monoisotopic (exact) mass is 238 g/mol. The minimum absolute atomic E-state index is 0.453. The highest BCUT2D eigenvalue weighted by Crippen LogP contribution is 2.26. The lowest BCUT2D eigenvalue weighted by molar-refractivity contribution is -0.153. The third-order valence-electron chi connectivity index (χ3n) is 3.21. The first-order valence-electron chi connectivity index (χ1n) is 5.75. The number of hydrogen-bond acceptors (Lipinski definition) is 3. The van der Waals surface area contributed by atoms with Gasteiger partial charge in [-0.25, -0.2) is 0 Å². The Morgan fingerprint density at radius 1 is 1.18 bits per heavy atom. The van der Waals surface area contributed by atoms with E-state index in [4.69, 9.17) is 9.47 Å². The van der Waals surface area contributed by atoms with Crippen LogP contribution in [0.25, 0.3) is 0 Å². The largest absolute Gasteiger partial charge is 0.497 e. The molecule has 0 aliphatic heterocycles. The number of methoxy groups -OCH3 is 1. The zero-order valence-corrected chi connectivity index (χ0v) is 11.3. The van der Waals surface area contributed by atoms with Gasteiger partial charge >= 0.3 is 0 Å². The Kier molecular flexibility index (Phi) is 4.17. The van der Waals surface area contributed by atoms with Crippen LogP contribution in [-0.4, -0.2) is 23.4 Å². The van der Waals surface area contributed by atoms with Gasteiger partial charge in [0.05, 0.1) is 24.9 Å². The molecule has 0 heterocycles. The molecule has 0 unspecified atom stereocenters. The Labute approximate surface area is 103 Å². The molecule has 0 fully saturated rings. The summed E-state index contributed by atoms with van der Waals surface area (Å²) >= 11 is 0. The summed E-state index contributed by atoms with van der Waals surface area (Å²) in [6.45, 7) is 7.71. The van der Waals surface area contributed by atoms with E-state index in [-0.39, 0.29) is 0 Å². The molecule has 0 amide bonds. The van der Waals surface area contributed by atoms with Crippen molar-refractivity contribution in [2.45, 2.75) is 45.5 Å². The molecule has 0 saturated heterocycles. The van der Waals surface area contributed by atoms with E-state index in [1.807, 2.05) is 38.1 Å². The zero-order chi connectivity index (χ0) is 13.1. The summed E-state index contributed by atoms with van der Waals surface area (Å²) in [6.07, 6.45) is 0. The van der Waals surface area contributed by atoms with Gasteiger partial charge in [-0.15, -0.1) is 0 Å². The third kappa shape index (κ3) is 3.72. The molecule has 0 saturated carbocycles. The van der Waals surface area contributed by atoms with E-state index in [9.17, 15) is 5.11 Å². The Balaban J connectivity index is 2.67. The second kappa shape index (κ2) is 5.07. The number of hydrogen-bond donors (Lipinski definition) is 1. The van der Waals surface area contributed by atoms with Crippen LogP contribution in [0.5, 0.6) is 5.75 Å². The minimum atomic E-state index is -0.883. The van der Waals surface area contributed by atoms with E-state index in [0.717, 1.165) is 11.3 Å². The molecule has 0 aliphatic carbocycles. The number of rotatable bonds is 5. The molecule has 17 heavy (non-hydrogen) atoms. The molecule has 0 bridgehead atoms. The van der Waals surface area contributed by atoms with Crippen LogP contribution in [0.2, 0.25) is 0 Å². The Bertz CT molecular complexity index is 364. The van der Waals surface area contributed by atoms with Crippen LogP contribution in [-0.2, 0) is 11.3 Å². The predicted octanol–water partition coefficient (Wildman–Crippen LogP) is 2.76. The first kappa shape index (κ1) is 14.0. The number of benzene rings is 1. The molecule has 1 N–H and O–H groups in total. The fourth-order valence-electron chi connectivity index (χ4n) is 1.20. The van der Waals surface area contributed by atoms with Gasteiger partial charge in [0.2, 0.25) is 0 Å². The van der Waals surface area contributed by atoms with Crippen LogP contribution in [0.1, 0.15) is 33.3 Å². The quantitative estimate of drug-likeness (QED) is 0.857. The molecule has 3 heteroatoms. The first-order chi connectivity index (χ1) is 7.76. The van der Waals surface area contributed by atoms with Crippen molar-refractivity contribution >= 4 is 0 Å². The van der Waals surface area contributed by atoms with E-state index < -0.39 is 11.2 Å². The lowest BCUT2D eigenvalue weighted by Crippen LogP contribution is -2.47. The number of ether oxygens (including phenoxy) is 2. The normalized spacial score (nSPS) is 12.6. The fraction of sp³-hybridized carbons (Fsp3) is 0.571. The summed E-state index contributed by atoms with van der Waals surface area (Å²) in [7, 11) is 1.64. The lowest BCUT2D eigenvalue weighted by Gasteiger charge is -2.37. The molecule has 0 aliphatic rings. The lowest BCUT2D eigenvalue weighted by atomic mass is 9.89. The maximum atomic E-state index is 9.97. The SMILES string of the molecule is COc1cccc(COC(C)(C)C(C)(C)O)c1. The molecule has 0 aromatic heterocycles. The minimum Gasteiger partial charge on any atom is -0.497 e. The van der Waals surface area contributed by atoms with E-state index in [1.54, 1.807) is 21.0 Å². The molecule has 0 spiro atoms. The highest BCUT2D eigenvalue weighted by molar-refractivity contribution is 5.27. The number of aliphatic hydroxyl groups is 1. The fourth-order valence-corrected chi connectivity index (χ4v) is 1.20. The molecule has 1 aromatic rings. The second-order valence-corrected chi connectivity index (χ2v) is 5.21. The van der Waals surface area contributed by atoms with Gasteiger partial charge in [0.15, 0.2) is 0 Å². The Morgan fingerprint density at radius 3 is 2.35 bits per heavy atom. The first-order valence-corrected chi connectivity index (χ1v) is 5.75. The summed E-state index contributed by atoms with van der Waals surface area (Å²) in [5.41, 5.74) is -0.455. The Hall–Kier alpha value is -1.06. The van der Waals surface area contributed by atoms with Crippen LogP contribution in [0.15, 0.2) is 24.3 Å². The maximum absolute atomic E-state index is 9.97. The van der Waals surface area contributed by atoms with Crippen molar-refractivity contribution in [3.05, 3.63) is 29.8 Å². The second-order valence-electron chi connectivity index (χ2n) is 5.21. The summed E-state index contributed by atoms with van der Waals surface area (Å²) in [5.74, 6) is 0.812. The summed E-state index contributed by atoms with van der Waals surface area (Å²) < 4.78 is 10.9. The van der Waals surface area contributed by atoms with Crippen LogP contribution in [0.4, 0.5) is 0 Å². The van der Waals surface area contributed by atoms with Crippen LogP contribution in [0.3, 0.4) is 0 Å². The van der Waals surface area contributed by atoms with Crippen molar-refractivity contribution in [3.8, 4) is 5.75 Å². The van der Waals surface area contributed by atoms with Crippen molar-refractivity contribution in [2.75, 3.05) is 7.11 Å². The van der Waals surface area contributed by atoms with Crippen molar-refractivity contribution in [2.24, 2.45) is 0 Å². The third-order valence-corrected chi connectivity index (χ3v) is 3.21. The van der Waals surface area contributed by atoms with Crippen molar-refractivity contribution in [1.82, 2.24) is 0 Å². The molecular weight excluding hydrogens is 216 g/mol. The van der Waals surface area contributed by atoms with Gasteiger partial charge in [-0.2, -0.15) is 0 Å². The van der Waals surface area contributed by atoms with Crippen molar-refractivity contribution in [3.63, 3.8) is 0 Å². The molecule has 3 nitrogen and oxygen atoms in total. The topological polar surface area (TPSA) is 38.7 Å². The van der Waals surface area contributed by atoms with Crippen LogP contribution < -0.4 is 4.74 Å². The van der Waals surface area contributed by atoms with E-state index in [2.05, 4.69) is 0 Å². The average Bonchev–Trinajstić information content (AvgIpc) is 2.25. The van der Waals surface area contributed by atoms with E-state index in [0.29, 0.717) is 6.61 Å². The van der Waals surface area contributed by atoms with Crippen LogP contribution in [0, 0.1) is 0 Å². The highest BCUT2D eigenvalue weighted by Gasteiger charge is 2.35. The zero-order valence-electron chi connectivity index (χ0n) is 11.3. The summed E-state index contributed by atoms with van der Waals surface area (Å²) in [6, 6.07) is 7.72. The van der Waals surface area contributed by atoms with Crippen LogP contribution >= 0.6 is 0 Å². The smallest absolute Gasteiger partial charge is 0.119 e. The van der Waals surface area contributed by atoms with Gasteiger partial charge < -0.3 is 14.6 Å². The van der Waals surface area contributed by atoms with Gasteiger partial charge in [-0.3, -0.25) is 0 Å². The molecule has 1 rings (SSSR count).